The van der Waals surface area contributed by atoms with Crippen molar-refractivity contribution in [2.45, 2.75) is 19.4 Å². The molecule has 1 N–H and O–H groups in total. The molecule has 1 aliphatic heterocycles. The second kappa shape index (κ2) is 5.98. The summed E-state index contributed by atoms with van der Waals surface area (Å²) in [5.41, 5.74) is 0. The van der Waals surface area contributed by atoms with Crippen LogP contribution in [-0.2, 0) is 11.3 Å². The average Bonchev–Trinajstić information content (AvgIpc) is 2.75. The second-order valence-corrected chi connectivity index (χ2v) is 6.28. The molecule has 1 aliphatic rings. The third kappa shape index (κ3) is 3.30. The van der Waals surface area contributed by atoms with Gasteiger partial charge in [0.1, 0.15) is 0 Å². The normalized spacial score (nSPS) is 20.2. The number of carbonyl (C=O) groups is 1. The van der Waals surface area contributed by atoms with Crippen molar-refractivity contribution in [3.8, 4) is 0 Å². The van der Waals surface area contributed by atoms with E-state index in [1.165, 1.54) is 4.88 Å². The van der Waals surface area contributed by atoms with E-state index in [0.717, 1.165) is 30.4 Å². The van der Waals surface area contributed by atoms with E-state index in [2.05, 4.69) is 21.2 Å². The Bertz CT molecular complexity index is 388. The zero-order chi connectivity index (χ0) is 12.3. The highest BCUT2D eigenvalue weighted by Gasteiger charge is 2.24. The summed E-state index contributed by atoms with van der Waals surface area (Å²) in [6.45, 7) is 2.58. The Morgan fingerprint density at radius 3 is 3.12 bits per heavy atom. The number of nitrogens with zero attached hydrogens (tertiary/aromatic N) is 1. The van der Waals surface area contributed by atoms with E-state index in [1.54, 1.807) is 11.3 Å². The SMILES string of the molecule is CN(Cc1sccc1Br)C(=O)C1CCCNC1. The first-order chi connectivity index (χ1) is 8.18. The summed E-state index contributed by atoms with van der Waals surface area (Å²) in [5.74, 6) is 0.421. The van der Waals surface area contributed by atoms with E-state index in [0.29, 0.717) is 6.54 Å². The van der Waals surface area contributed by atoms with E-state index in [9.17, 15) is 4.79 Å². The fraction of sp³-hybridized carbons (Fsp3) is 0.583. The largest absolute Gasteiger partial charge is 0.340 e. The number of rotatable bonds is 3. The zero-order valence-corrected chi connectivity index (χ0v) is 12.3. The molecule has 3 nitrogen and oxygen atoms in total. The molecule has 0 aliphatic carbocycles. The van der Waals surface area contributed by atoms with Gasteiger partial charge in [-0.15, -0.1) is 11.3 Å². The molecule has 0 bridgehead atoms. The highest BCUT2D eigenvalue weighted by atomic mass is 79.9. The Hall–Kier alpha value is -0.390. The number of hydrogen-bond acceptors (Lipinski definition) is 3. The third-order valence-electron chi connectivity index (χ3n) is 3.09. The van der Waals surface area contributed by atoms with Crippen LogP contribution in [0.1, 0.15) is 17.7 Å². The number of thiophene rings is 1. The molecule has 1 amide bonds. The maximum Gasteiger partial charge on any atom is 0.227 e. The molecule has 0 aromatic carbocycles. The van der Waals surface area contributed by atoms with Crippen LogP contribution < -0.4 is 5.32 Å². The van der Waals surface area contributed by atoms with Gasteiger partial charge in [-0.2, -0.15) is 0 Å². The molecule has 2 rings (SSSR count). The van der Waals surface area contributed by atoms with Gasteiger partial charge in [0.15, 0.2) is 0 Å². The zero-order valence-electron chi connectivity index (χ0n) is 9.91. The van der Waals surface area contributed by atoms with Crippen molar-refractivity contribution in [2.24, 2.45) is 5.92 Å². The van der Waals surface area contributed by atoms with Crippen molar-refractivity contribution in [3.05, 3.63) is 20.8 Å². The third-order valence-corrected chi connectivity index (χ3v) is 5.01. The molecule has 0 spiro atoms. The Morgan fingerprint density at radius 1 is 1.71 bits per heavy atom. The van der Waals surface area contributed by atoms with Crippen LogP contribution in [0.25, 0.3) is 0 Å². The fourth-order valence-corrected chi connectivity index (χ4v) is 3.64. The lowest BCUT2D eigenvalue weighted by Crippen LogP contribution is -2.41. The number of amides is 1. The van der Waals surface area contributed by atoms with Gasteiger partial charge in [0, 0.05) is 22.9 Å². The molecule has 94 valence electrons. The number of halogens is 1. The molecular formula is C12H17BrN2OS. The van der Waals surface area contributed by atoms with Crippen LogP contribution in [0.4, 0.5) is 0 Å². The van der Waals surface area contributed by atoms with Gasteiger partial charge in [0.2, 0.25) is 5.91 Å². The Morgan fingerprint density at radius 2 is 2.53 bits per heavy atom. The molecule has 17 heavy (non-hydrogen) atoms. The average molecular weight is 317 g/mol. The van der Waals surface area contributed by atoms with Crippen LogP contribution in [0.15, 0.2) is 15.9 Å². The van der Waals surface area contributed by atoms with E-state index < -0.39 is 0 Å². The minimum Gasteiger partial charge on any atom is -0.340 e. The van der Waals surface area contributed by atoms with Crippen LogP contribution in [0.5, 0.6) is 0 Å². The number of hydrogen-bond donors (Lipinski definition) is 1. The predicted octanol–water partition coefficient (Wildman–Crippen LogP) is 2.47. The molecule has 0 saturated carbocycles. The van der Waals surface area contributed by atoms with E-state index in [1.807, 2.05) is 23.4 Å². The van der Waals surface area contributed by atoms with Gasteiger partial charge in [-0.1, -0.05) is 0 Å². The first-order valence-corrected chi connectivity index (χ1v) is 7.53. The molecule has 1 unspecified atom stereocenters. The molecule has 1 aromatic heterocycles. The van der Waals surface area contributed by atoms with Crippen LogP contribution >= 0.6 is 27.3 Å². The van der Waals surface area contributed by atoms with Crippen molar-refractivity contribution in [2.75, 3.05) is 20.1 Å². The first kappa shape index (κ1) is 13.1. The van der Waals surface area contributed by atoms with Gasteiger partial charge in [0.25, 0.3) is 0 Å². The minimum atomic E-state index is 0.160. The Kier molecular flexibility index (Phi) is 4.59. The summed E-state index contributed by atoms with van der Waals surface area (Å²) < 4.78 is 1.10. The molecular weight excluding hydrogens is 300 g/mol. The molecule has 1 atom stereocenters. The molecule has 0 radical (unpaired) electrons. The first-order valence-electron chi connectivity index (χ1n) is 5.86. The Labute approximate surface area is 114 Å². The van der Waals surface area contributed by atoms with Crippen molar-refractivity contribution >= 4 is 33.2 Å². The summed E-state index contributed by atoms with van der Waals surface area (Å²) >= 11 is 5.19. The summed E-state index contributed by atoms with van der Waals surface area (Å²) in [7, 11) is 1.89. The van der Waals surface area contributed by atoms with Gasteiger partial charge in [-0.3, -0.25) is 4.79 Å². The van der Waals surface area contributed by atoms with E-state index >= 15 is 0 Å². The quantitative estimate of drug-likeness (QED) is 0.929. The summed E-state index contributed by atoms with van der Waals surface area (Å²) in [6.07, 6.45) is 2.12. The lowest BCUT2D eigenvalue weighted by atomic mass is 9.98. The smallest absolute Gasteiger partial charge is 0.227 e. The van der Waals surface area contributed by atoms with Crippen LogP contribution in [0.2, 0.25) is 0 Å². The molecule has 1 fully saturated rings. The van der Waals surface area contributed by atoms with Crippen LogP contribution in [0, 0.1) is 5.92 Å². The maximum absolute atomic E-state index is 12.2. The molecule has 5 heteroatoms. The van der Waals surface area contributed by atoms with Gasteiger partial charge < -0.3 is 10.2 Å². The Balaban J connectivity index is 1.93. The van der Waals surface area contributed by atoms with Gasteiger partial charge in [-0.05, 0) is 46.8 Å². The van der Waals surface area contributed by atoms with Crippen molar-refractivity contribution in [1.29, 1.82) is 0 Å². The highest BCUT2D eigenvalue weighted by Crippen LogP contribution is 2.24. The number of nitrogens with one attached hydrogen (secondary N) is 1. The standard InChI is InChI=1S/C12H17BrN2OS/c1-15(8-11-10(13)4-6-17-11)12(16)9-3-2-5-14-7-9/h4,6,9,14H,2-3,5,7-8H2,1H3. The van der Waals surface area contributed by atoms with Crippen molar-refractivity contribution < 1.29 is 4.79 Å². The molecule has 1 aromatic rings. The van der Waals surface area contributed by atoms with Gasteiger partial charge >= 0.3 is 0 Å². The molecule has 2 heterocycles. The highest BCUT2D eigenvalue weighted by molar-refractivity contribution is 9.10. The monoisotopic (exact) mass is 316 g/mol. The maximum atomic E-state index is 12.2. The summed E-state index contributed by atoms with van der Waals surface area (Å²) in [4.78, 5) is 15.3. The molecule has 1 saturated heterocycles. The van der Waals surface area contributed by atoms with E-state index in [-0.39, 0.29) is 11.8 Å². The van der Waals surface area contributed by atoms with Crippen LogP contribution in [-0.4, -0.2) is 30.9 Å². The second-order valence-electron chi connectivity index (χ2n) is 4.43. The summed E-state index contributed by atoms with van der Waals surface area (Å²) in [6, 6.07) is 2.03. The summed E-state index contributed by atoms with van der Waals surface area (Å²) in [5, 5.41) is 5.33. The number of piperidine rings is 1. The van der Waals surface area contributed by atoms with Crippen molar-refractivity contribution in [1.82, 2.24) is 10.2 Å². The van der Waals surface area contributed by atoms with E-state index in [4.69, 9.17) is 0 Å². The number of carbonyl (C=O) groups excluding carboxylic acids is 1. The topological polar surface area (TPSA) is 32.3 Å². The minimum absolute atomic E-state index is 0.160. The van der Waals surface area contributed by atoms with Gasteiger partial charge in [0.05, 0.1) is 12.5 Å². The fourth-order valence-electron chi connectivity index (χ4n) is 2.11. The lowest BCUT2D eigenvalue weighted by Gasteiger charge is -2.26. The van der Waals surface area contributed by atoms with Crippen molar-refractivity contribution in [3.63, 3.8) is 0 Å². The predicted molar refractivity (Wildman–Crippen MR) is 74.1 cm³/mol. The van der Waals surface area contributed by atoms with Crippen LogP contribution in [0.3, 0.4) is 0 Å². The lowest BCUT2D eigenvalue weighted by molar-refractivity contribution is -0.135. The van der Waals surface area contributed by atoms with Gasteiger partial charge in [-0.25, -0.2) is 0 Å².